The second kappa shape index (κ2) is 10.1. The summed E-state index contributed by atoms with van der Waals surface area (Å²) in [5, 5.41) is 5.87. The third-order valence-corrected chi connectivity index (χ3v) is 3.37. The molecule has 118 valence electrons. The van der Waals surface area contributed by atoms with Gasteiger partial charge in [0.25, 0.3) is 0 Å². The molecule has 1 atom stereocenters. The first-order valence-corrected chi connectivity index (χ1v) is 7.83. The van der Waals surface area contributed by atoms with E-state index in [1.165, 1.54) is 19.3 Å². The van der Waals surface area contributed by atoms with Gasteiger partial charge in [-0.2, -0.15) is 0 Å². The SMILES string of the molecule is CCCCCCNC(=O)NC(C)Cc1cccc(OC)c1. The van der Waals surface area contributed by atoms with Gasteiger partial charge in [0.1, 0.15) is 5.75 Å². The summed E-state index contributed by atoms with van der Waals surface area (Å²) in [6.07, 6.45) is 5.46. The molecular weight excluding hydrogens is 264 g/mol. The predicted octanol–water partition coefficient (Wildman–Crippen LogP) is 3.51. The molecule has 0 aliphatic carbocycles. The van der Waals surface area contributed by atoms with Crippen molar-refractivity contribution in [2.75, 3.05) is 13.7 Å². The molecule has 0 aliphatic rings. The van der Waals surface area contributed by atoms with Gasteiger partial charge in [0.15, 0.2) is 0 Å². The molecule has 0 bridgehead atoms. The minimum atomic E-state index is -0.0816. The lowest BCUT2D eigenvalue weighted by molar-refractivity contribution is 0.237. The summed E-state index contributed by atoms with van der Waals surface area (Å²) in [6.45, 7) is 4.94. The highest BCUT2D eigenvalue weighted by Gasteiger charge is 2.08. The minimum absolute atomic E-state index is 0.0816. The van der Waals surface area contributed by atoms with Crippen molar-refractivity contribution >= 4 is 6.03 Å². The van der Waals surface area contributed by atoms with E-state index in [2.05, 4.69) is 17.6 Å². The molecule has 4 nitrogen and oxygen atoms in total. The fourth-order valence-corrected chi connectivity index (χ4v) is 2.23. The number of nitrogens with one attached hydrogen (secondary N) is 2. The van der Waals surface area contributed by atoms with Crippen molar-refractivity contribution < 1.29 is 9.53 Å². The summed E-state index contributed by atoms with van der Waals surface area (Å²) in [6, 6.07) is 7.94. The third kappa shape index (κ3) is 7.59. The molecule has 0 saturated heterocycles. The van der Waals surface area contributed by atoms with Crippen molar-refractivity contribution in [1.29, 1.82) is 0 Å². The number of amides is 2. The lowest BCUT2D eigenvalue weighted by atomic mass is 10.1. The largest absolute Gasteiger partial charge is 0.497 e. The zero-order valence-electron chi connectivity index (χ0n) is 13.4. The summed E-state index contributed by atoms with van der Waals surface area (Å²) in [4.78, 5) is 11.8. The average molecular weight is 292 g/mol. The molecule has 0 radical (unpaired) electrons. The summed E-state index contributed by atoms with van der Waals surface area (Å²) < 4.78 is 5.20. The first kappa shape index (κ1) is 17.3. The number of methoxy groups -OCH3 is 1. The van der Waals surface area contributed by atoms with E-state index in [1.54, 1.807) is 7.11 Å². The highest BCUT2D eigenvalue weighted by Crippen LogP contribution is 2.13. The molecule has 0 fully saturated rings. The molecular formula is C17H28N2O2. The topological polar surface area (TPSA) is 50.4 Å². The highest BCUT2D eigenvalue weighted by molar-refractivity contribution is 5.74. The summed E-state index contributed by atoms with van der Waals surface area (Å²) >= 11 is 0. The zero-order valence-corrected chi connectivity index (χ0v) is 13.4. The number of unbranched alkanes of at least 4 members (excludes halogenated alkanes) is 3. The highest BCUT2D eigenvalue weighted by atomic mass is 16.5. The maximum Gasteiger partial charge on any atom is 0.315 e. The lowest BCUT2D eigenvalue weighted by Gasteiger charge is -2.15. The first-order valence-electron chi connectivity index (χ1n) is 7.83. The van der Waals surface area contributed by atoms with Crippen molar-refractivity contribution in [2.24, 2.45) is 0 Å². The fraction of sp³-hybridized carbons (Fsp3) is 0.588. The normalized spacial score (nSPS) is 11.8. The van der Waals surface area contributed by atoms with Crippen molar-refractivity contribution in [3.05, 3.63) is 29.8 Å². The van der Waals surface area contributed by atoms with Crippen LogP contribution in [0.25, 0.3) is 0 Å². The van der Waals surface area contributed by atoms with E-state index in [0.29, 0.717) is 0 Å². The van der Waals surface area contributed by atoms with E-state index in [4.69, 9.17) is 4.74 Å². The molecule has 1 aromatic rings. The Hall–Kier alpha value is -1.71. The number of benzene rings is 1. The van der Waals surface area contributed by atoms with Crippen LogP contribution < -0.4 is 15.4 Å². The van der Waals surface area contributed by atoms with Crippen LogP contribution in [0.4, 0.5) is 4.79 Å². The quantitative estimate of drug-likeness (QED) is 0.684. The van der Waals surface area contributed by atoms with Gasteiger partial charge in [0, 0.05) is 12.6 Å². The van der Waals surface area contributed by atoms with Crippen molar-refractivity contribution in [2.45, 2.75) is 52.0 Å². The van der Waals surface area contributed by atoms with E-state index in [0.717, 1.165) is 30.7 Å². The number of hydrogen-bond acceptors (Lipinski definition) is 2. The molecule has 2 amide bonds. The summed E-state index contributed by atoms with van der Waals surface area (Å²) in [5.41, 5.74) is 1.16. The Morgan fingerprint density at radius 2 is 2.10 bits per heavy atom. The monoisotopic (exact) mass is 292 g/mol. The van der Waals surface area contributed by atoms with Crippen LogP contribution in [-0.4, -0.2) is 25.7 Å². The van der Waals surface area contributed by atoms with Gasteiger partial charge in [-0.25, -0.2) is 4.79 Å². The van der Waals surface area contributed by atoms with E-state index in [-0.39, 0.29) is 12.1 Å². The van der Waals surface area contributed by atoms with Gasteiger partial charge in [-0.1, -0.05) is 38.3 Å². The van der Waals surface area contributed by atoms with Gasteiger partial charge in [-0.15, -0.1) is 0 Å². The second-order valence-electron chi connectivity index (χ2n) is 5.42. The van der Waals surface area contributed by atoms with Crippen LogP contribution in [-0.2, 0) is 6.42 Å². The number of carbonyl (C=O) groups excluding carboxylic acids is 1. The Balaban J connectivity index is 2.25. The summed E-state index contributed by atoms with van der Waals surface area (Å²) in [5.74, 6) is 0.847. The van der Waals surface area contributed by atoms with Crippen LogP contribution in [0.15, 0.2) is 24.3 Å². The lowest BCUT2D eigenvalue weighted by Crippen LogP contribution is -2.42. The van der Waals surface area contributed by atoms with Crippen LogP contribution in [0.2, 0.25) is 0 Å². The Morgan fingerprint density at radius 1 is 1.29 bits per heavy atom. The van der Waals surface area contributed by atoms with E-state index in [9.17, 15) is 4.79 Å². The van der Waals surface area contributed by atoms with Crippen LogP contribution in [0.1, 0.15) is 45.1 Å². The molecule has 0 aromatic heterocycles. The fourth-order valence-electron chi connectivity index (χ4n) is 2.23. The second-order valence-corrected chi connectivity index (χ2v) is 5.42. The molecule has 1 rings (SSSR count). The van der Waals surface area contributed by atoms with Gasteiger partial charge in [0.05, 0.1) is 7.11 Å². The Kier molecular flexibility index (Phi) is 8.32. The molecule has 1 aromatic carbocycles. The first-order chi connectivity index (χ1) is 10.2. The number of ether oxygens (including phenoxy) is 1. The number of hydrogen-bond donors (Lipinski definition) is 2. The average Bonchev–Trinajstić information content (AvgIpc) is 2.47. The maximum atomic E-state index is 11.8. The third-order valence-electron chi connectivity index (χ3n) is 3.37. The molecule has 0 aliphatic heterocycles. The number of urea groups is 1. The predicted molar refractivity (Wildman–Crippen MR) is 86.8 cm³/mol. The Labute approximate surface area is 128 Å². The molecule has 0 spiro atoms. The zero-order chi connectivity index (χ0) is 15.5. The van der Waals surface area contributed by atoms with E-state index in [1.807, 2.05) is 31.2 Å². The van der Waals surface area contributed by atoms with Crippen molar-refractivity contribution in [3.8, 4) is 5.75 Å². The molecule has 4 heteroatoms. The van der Waals surface area contributed by atoms with Gasteiger partial charge < -0.3 is 15.4 Å². The number of rotatable bonds is 9. The van der Waals surface area contributed by atoms with Gasteiger partial charge >= 0.3 is 6.03 Å². The van der Waals surface area contributed by atoms with E-state index < -0.39 is 0 Å². The van der Waals surface area contributed by atoms with Crippen LogP contribution in [0.3, 0.4) is 0 Å². The molecule has 0 heterocycles. The smallest absolute Gasteiger partial charge is 0.315 e. The van der Waals surface area contributed by atoms with Crippen molar-refractivity contribution in [1.82, 2.24) is 10.6 Å². The number of carbonyl (C=O) groups is 1. The van der Waals surface area contributed by atoms with Crippen molar-refractivity contribution in [3.63, 3.8) is 0 Å². The van der Waals surface area contributed by atoms with E-state index >= 15 is 0 Å². The van der Waals surface area contributed by atoms with Gasteiger partial charge in [0.2, 0.25) is 0 Å². The Bertz CT molecular complexity index is 421. The molecule has 21 heavy (non-hydrogen) atoms. The summed E-state index contributed by atoms with van der Waals surface area (Å²) in [7, 11) is 1.66. The van der Waals surface area contributed by atoms with Crippen LogP contribution >= 0.6 is 0 Å². The molecule has 1 unspecified atom stereocenters. The maximum absolute atomic E-state index is 11.8. The Morgan fingerprint density at radius 3 is 2.81 bits per heavy atom. The van der Waals surface area contributed by atoms with Crippen LogP contribution in [0, 0.1) is 0 Å². The minimum Gasteiger partial charge on any atom is -0.497 e. The standard InChI is InChI=1S/C17H28N2O2/c1-4-5-6-7-11-18-17(20)19-14(2)12-15-9-8-10-16(13-15)21-3/h8-10,13-14H,4-7,11-12H2,1-3H3,(H2,18,19,20). The van der Waals surface area contributed by atoms with Gasteiger partial charge in [-0.3, -0.25) is 0 Å². The molecule has 2 N–H and O–H groups in total. The van der Waals surface area contributed by atoms with Crippen LogP contribution in [0.5, 0.6) is 5.75 Å². The van der Waals surface area contributed by atoms with Gasteiger partial charge in [-0.05, 0) is 37.5 Å². The molecule has 0 saturated carbocycles.